The third kappa shape index (κ3) is 1.22. The summed E-state index contributed by atoms with van der Waals surface area (Å²) < 4.78 is 0. The molecule has 0 aliphatic carbocycles. The lowest BCUT2D eigenvalue weighted by atomic mass is 10.0. The highest BCUT2D eigenvalue weighted by Crippen LogP contribution is 2.26. The van der Waals surface area contributed by atoms with Crippen LogP contribution in [0.5, 0.6) is 0 Å². The molecule has 2 rings (SSSR count). The van der Waals surface area contributed by atoms with Gasteiger partial charge in [-0.1, -0.05) is 6.92 Å². The van der Waals surface area contributed by atoms with Crippen molar-refractivity contribution in [3.05, 3.63) is 0 Å². The fraction of sp³-hybridized carbons (Fsp3) is 0.600. The summed E-state index contributed by atoms with van der Waals surface area (Å²) in [5, 5.41) is 0. The maximum absolute atomic E-state index is 4.51. The Morgan fingerprint density at radius 1 is 1.14 bits per heavy atom. The van der Waals surface area contributed by atoms with Crippen molar-refractivity contribution in [3.63, 3.8) is 0 Å². The van der Waals surface area contributed by atoms with E-state index in [1.807, 2.05) is 27.7 Å². The highest BCUT2D eigenvalue weighted by atomic mass is 15.2. The van der Waals surface area contributed by atoms with E-state index >= 15 is 0 Å². The number of aliphatic imine (C=N–C) groups is 4. The van der Waals surface area contributed by atoms with Crippen LogP contribution in [0.4, 0.5) is 0 Å². The van der Waals surface area contributed by atoms with E-state index in [1.54, 1.807) is 0 Å². The minimum absolute atomic E-state index is 0.499. The van der Waals surface area contributed by atoms with Crippen LogP contribution in [0.2, 0.25) is 0 Å². The molecule has 0 spiro atoms. The lowest BCUT2D eigenvalue weighted by Gasteiger charge is -2.22. The van der Waals surface area contributed by atoms with Gasteiger partial charge in [0.05, 0.1) is 5.71 Å². The molecule has 0 aromatic carbocycles. The molecule has 4 heteroatoms. The van der Waals surface area contributed by atoms with Gasteiger partial charge >= 0.3 is 0 Å². The Labute approximate surface area is 83.6 Å². The summed E-state index contributed by atoms with van der Waals surface area (Å²) in [5.41, 5.74) is 1.34. The van der Waals surface area contributed by atoms with Crippen molar-refractivity contribution in [2.24, 2.45) is 20.0 Å². The minimum atomic E-state index is -0.499. The highest BCUT2D eigenvalue weighted by Gasteiger charge is 2.38. The van der Waals surface area contributed by atoms with Crippen LogP contribution in [0.25, 0.3) is 0 Å². The van der Waals surface area contributed by atoms with Crippen molar-refractivity contribution in [2.75, 3.05) is 0 Å². The van der Waals surface area contributed by atoms with Crippen LogP contribution < -0.4 is 0 Å². The number of hydrogen-bond acceptors (Lipinski definition) is 4. The predicted octanol–water partition coefficient (Wildman–Crippen LogP) is 1.86. The fourth-order valence-electron chi connectivity index (χ4n) is 1.86. The predicted molar refractivity (Wildman–Crippen MR) is 59.8 cm³/mol. The van der Waals surface area contributed by atoms with Gasteiger partial charge in [0, 0.05) is 6.42 Å². The maximum Gasteiger partial charge on any atom is 0.195 e. The molecule has 2 heterocycles. The molecule has 4 nitrogen and oxygen atoms in total. The first kappa shape index (κ1) is 9.24. The second-order valence-electron chi connectivity index (χ2n) is 3.72. The van der Waals surface area contributed by atoms with Crippen LogP contribution in [0.3, 0.4) is 0 Å². The lowest BCUT2D eigenvalue weighted by Crippen LogP contribution is -2.37. The Bertz CT molecular complexity index is 400. The highest BCUT2D eigenvalue weighted by molar-refractivity contribution is 6.49. The number of rotatable bonds is 1. The van der Waals surface area contributed by atoms with Gasteiger partial charge in [0.2, 0.25) is 0 Å². The second-order valence-corrected chi connectivity index (χ2v) is 3.72. The van der Waals surface area contributed by atoms with Crippen molar-refractivity contribution >= 4 is 23.1 Å². The molecule has 0 aromatic rings. The first-order valence-electron chi connectivity index (χ1n) is 4.85. The molecule has 1 unspecified atom stereocenters. The van der Waals surface area contributed by atoms with Crippen molar-refractivity contribution in [1.82, 2.24) is 0 Å². The molecule has 2 aliphatic rings. The van der Waals surface area contributed by atoms with Gasteiger partial charge in [-0.3, -0.25) is 0 Å². The summed E-state index contributed by atoms with van der Waals surface area (Å²) in [6.07, 6.45) is 0.848. The molecule has 14 heavy (non-hydrogen) atoms. The minimum Gasteiger partial charge on any atom is -0.237 e. The zero-order valence-corrected chi connectivity index (χ0v) is 9.00. The molecular formula is C10H14N4. The van der Waals surface area contributed by atoms with E-state index < -0.39 is 5.66 Å². The zero-order chi connectivity index (χ0) is 10.3. The summed E-state index contributed by atoms with van der Waals surface area (Å²) in [5.74, 6) is 1.65. The molecule has 1 atom stereocenters. The topological polar surface area (TPSA) is 49.4 Å². The van der Waals surface area contributed by atoms with Crippen molar-refractivity contribution in [2.45, 2.75) is 39.8 Å². The number of hydrogen-bond donors (Lipinski definition) is 0. The monoisotopic (exact) mass is 190 g/mol. The van der Waals surface area contributed by atoms with Gasteiger partial charge in [-0.25, -0.2) is 20.0 Å². The van der Waals surface area contributed by atoms with Crippen molar-refractivity contribution in [3.8, 4) is 0 Å². The Hall–Kier alpha value is -1.32. The summed E-state index contributed by atoms with van der Waals surface area (Å²) in [4.78, 5) is 17.7. The molecule has 0 amide bonds. The molecule has 74 valence electrons. The Balaban J connectivity index is 2.52. The molecule has 2 aliphatic heterocycles. The van der Waals surface area contributed by atoms with Crippen molar-refractivity contribution in [1.29, 1.82) is 0 Å². The van der Waals surface area contributed by atoms with Gasteiger partial charge in [0.25, 0.3) is 0 Å². The first-order valence-corrected chi connectivity index (χ1v) is 4.85. The van der Waals surface area contributed by atoms with Crippen LogP contribution in [0, 0.1) is 0 Å². The van der Waals surface area contributed by atoms with Crippen LogP contribution in [-0.4, -0.2) is 28.8 Å². The Morgan fingerprint density at radius 3 is 2.50 bits per heavy atom. The van der Waals surface area contributed by atoms with Gasteiger partial charge < -0.3 is 0 Å². The van der Waals surface area contributed by atoms with Gasteiger partial charge in [-0.15, -0.1) is 0 Å². The van der Waals surface area contributed by atoms with E-state index in [9.17, 15) is 0 Å². The van der Waals surface area contributed by atoms with Gasteiger partial charge in [-0.05, 0) is 20.8 Å². The van der Waals surface area contributed by atoms with E-state index in [1.165, 1.54) is 0 Å². The normalized spacial score (nSPS) is 30.3. The second kappa shape index (κ2) is 2.83. The average molecular weight is 190 g/mol. The fourth-order valence-corrected chi connectivity index (χ4v) is 1.86. The van der Waals surface area contributed by atoms with E-state index in [-0.39, 0.29) is 0 Å². The smallest absolute Gasteiger partial charge is 0.195 e. The molecule has 0 bridgehead atoms. The molecular weight excluding hydrogens is 176 g/mol. The summed E-state index contributed by atoms with van der Waals surface area (Å²) >= 11 is 0. The van der Waals surface area contributed by atoms with Crippen molar-refractivity contribution < 1.29 is 0 Å². The average Bonchev–Trinajstić information content (AvgIpc) is 2.41. The first-order chi connectivity index (χ1) is 6.55. The molecule has 0 aromatic heterocycles. The summed E-state index contributed by atoms with van der Waals surface area (Å²) in [6, 6.07) is 0. The zero-order valence-electron chi connectivity index (χ0n) is 9.00. The van der Waals surface area contributed by atoms with E-state index in [0.717, 1.165) is 29.5 Å². The van der Waals surface area contributed by atoms with Gasteiger partial charge in [0.1, 0.15) is 17.4 Å². The third-order valence-electron chi connectivity index (χ3n) is 2.40. The quantitative estimate of drug-likeness (QED) is 0.606. The van der Waals surface area contributed by atoms with Gasteiger partial charge in [-0.2, -0.15) is 0 Å². The van der Waals surface area contributed by atoms with Crippen LogP contribution in [0.15, 0.2) is 20.0 Å². The molecule has 0 N–H and O–H groups in total. The maximum atomic E-state index is 4.51. The third-order valence-corrected chi connectivity index (χ3v) is 2.40. The molecule has 0 saturated heterocycles. The SMILES string of the molecule is CCC1=NC2(C)N=C(C)N=C(C)C2=N1. The van der Waals surface area contributed by atoms with Crippen LogP contribution in [-0.2, 0) is 0 Å². The van der Waals surface area contributed by atoms with E-state index in [0.29, 0.717) is 0 Å². The molecule has 0 fully saturated rings. The standard InChI is InChI=1S/C10H14N4/c1-5-8-12-9-6(2)11-7(3)13-10(9,4)14-8/h5H2,1-4H3. The summed E-state index contributed by atoms with van der Waals surface area (Å²) in [6.45, 7) is 7.89. The van der Waals surface area contributed by atoms with Gasteiger partial charge in [0.15, 0.2) is 5.66 Å². The number of amidine groups is 2. The van der Waals surface area contributed by atoms with Crippen LogP contribution >= 0.6 is 0 Å². The largest absolute Gasteiger partial charge is 0.237 e. The van der Waals surface area contributed by atoms with Crippen LogP contribution in [0.1, 0.15) is 34.1 Å². The Morgan fingerprint density at radius 2 is 1.86 bits per heavy atom. The molecule has 0 saturated carbocycles. The van der Waals surface area contributed by atoms with E-state index in [4.69, 9.17) is 0 Å². The number of nitrogens with zero attached hydrogens (tertiary/aromatic N) is 4. The summed E-state index contributed by atoms with van der Waals surface area (Å²) in [7, 11) is 0. The Kier molecular flexibility index (Phi) is 1.87. The molecule has 0 radical (unpaired) electrons. The van der Waals surface area contributed by atoms with E-state index in [2.05, 4.69) is 20.0 Å². The lowest BCUT2D eigenvalue weighted by molar-refractivity contribution is 0.678. The number of fused-ring (bicyclic) bond motifs is 1.